The second-order valence-corrected chi connectivity index (χ2v) is 4.15. The second-order valence-electron chi connectivity index (χ2n) is 4.15. The lowest BCUT2D eigenvalue weighted by Crippen LogP contribution is -2.47. The van der Waals surface area contributed by atoms with E-state index in [0.717, 1.165) is 0 Å². The molecule has 0 saturated carbocycles. The summed E-state index contributed by atoms with van der Waals surface area (Å²) in [7, 11) is 1.48. The molecule has 2 aliphatic heterocycles. The van der Waals surface area contributed by atoms with E-state index in [0.29, 0.717) is 5.82 Å². The van der Waals surface area contributed by atoms with Crippen molar-refractivity contribution in [3.8, 4) is 0 Å². The van der Waals surface area contributed by atoms with Crippen LogP contribution in [-0.2, 0) is 14.3 Å². The molecule has 0 aromatic rings. The summed E-state index contributed by atoms with van der Waals surface area (Å²) >= 11 is 0. The average molecular weight is 255 g/mol. The van der Waals surface area contributed by atoms with Crippen molar-refractivity contribution < 1.29 is 19.4 Å². The van der Waals surface area contributed by atoms with Crippen LogP contribution in [0.4, 0.5) is 0 Å². The molecule has 7 nitrogen and oxygen atoms in total. The van der Waals surface area contributed by atoms with Crippen molar-refractivity contribution in [2.75, 3.05) is 13.7 Å². The van der Waals surface area contributed by atoms with Crippen LogP contribution in [0.1, 0.15) is 0 Å². The number of nitrogens with zero attached hydrogens (tertiary/aromatic N) is 1. The van der Waals surface area contributed by atoms with Gasteiger partial charge in [-0.3, -0.25) is 4.79 Å². The molecule has 0 bridgehead atoms. The van der Waals surface area contributed by atoms with Gasteiger partial charge in [-0.1, -0.05) is 6.58 Å². The maximum absolute atomic E-state index is 11.1. The lowest BCUT2D eigenvalue weighted by Gasteiger charge is -2.33. The Morgan fingerprint density at radius 1 is 1.72 bits per heavy atom. The van der Waals surface area contributed by atoms with E-state index < -0.39 is 24.5 Å². The van der Waals surface area contributed by atoms with Gasteiger partial charge in [0, 0.05) is 25.9 Å². The Morgan fingerprint density at radius 3 is 3.00 bits per heavy atom. The molecule has 2 heterocycles. The van der Waals surface area contributed by atoms with Gasteiger partial charge in [-0.15, -0.1) is 0 Å². The van der Waals surface area contributed by atoms with Crippen molar-refractivity contribution in [3.05, 3.63) is 24.7 Å². The van der Waals surface area contributed by atoms with Crippen LogP contribution in [-0.4, -0.2) is 54.1 Å². The predicted octanol–water partition coefficient (Wildman–Crippen LogP) is -1.54. The van der Waals surface area contributed by atoms with Gasteiger partial charge < -0.3 is 30.5 Å². The molecular formula is C11H17N3O4. The molecule has 0 spiro atoms. The molecule has 1 fully saturated rings. The Morgan fingerprint density at radius 2 is 2.44 bits per heavy atom. The standard InChI is InChI=1S/C11H17N3O4/c1-6-13-8(15)3-4-14(6)11-10(17-2)9(16)7(5-12)18-11/h3-4,7,9-11,16H,1,5,12H2,2H3,(H,13,15). The molecule has 4 unspecified atom stereocenters. The molecule has 2 aliphatic rings. The molecule has 0 aromatic heterocycles. The number of hydrogen-bond donors (Lipinski definition) is 3. The number of aliphatic hydroxyl groups is 1. The zero-order valence-corrected chi connectivity index (χ0v) is 10.1. The maximum Gasteiger partial charge on any atom is 0.250 e. The van der Waals surface area contributed by atoms with Crippen LogP contribution < -0.4 is 11.1 Å². The minimum atomic E-state index is -0.816. The van der Waals surface area contributed by atoms with Gasteiger partial charge in [0.05, 0.1) is 0 Å². The largest absolute Gasteiger partial charge is 0.387 e. The summed E-state index contributed by atoms with van der Waals surface area (Å²) in [6.07, 6.45) is 0.455. The van der Waals surface area contributed by atoms with Crippen molar-refractivity contribution >= 4 is 5.91 Å². The quantitative estimate of drug-likeness (QED) is 0.565. The van der Waals surface area contributed by atoms with Gasteiger partial charge in [0.25, 0.3) is 5.91 Å². The van der Waals surface area contributed by atoms with E-state index in [1.807, 2.05) is 0 Å². The number of ether oxygens (including phenoxy) is 2. The highest BCUT2D eigenvalue weighted by Gasteiger charge is 2.46. The maximum atomic E-state index is 11.1. The second kappa shape index (κ2) is 5.07. The third-order valence-corrected chi connectivity index (χ3v) is 3.06. The van der Waals surface area contributed by atoms with Crippen molar-refractivity contribution in [2.45, 2.75) is 24.5 Å². The molecule has 100 valence electrons. The van der Waals surface area contributed by atoms with Crippen molar-refractivity contribution in [3.63, 3.8) is 0 Å². The monoisotopic (exact) mass is 255 g/mol. The Labute approximate surface area is 105 Å². The van der Waals surface area contributed by atoms with Crippen molar-refractivity contribution in [1.29, 1.82) is 0 Å². The highest BCUT2D eigenvalue weighted by atomic mass is 16.6. The first-order chi connectivity index (χ1) is 8.58. The minimum Gasteiger partial charge on any atom is -0.387 e. The van der Waals surface area contributed by atoms with Gasteiger partial charge in [-0.25, -0.2) is 0 Å². The van der Waals surface area contributed by atoms with Crippen LogP contribution in [0.2, 0.25) is 0 Å². The molecule has 0 aliphatic carbocycles. The molecule has 18 heavy (non-hydrogen) atoms. The Kier molecular flexibility index (Phi) is 3.67. The topological polar surface area (TPSA) is 97.1 Å². The third-order valence-electron chi connectivity index (χ3n) is 3.06. The summed E-state index contributed by atoms with van der Waals surface area (Å²) in [6.45, 7) is 3.92. The summed E-state index contributed by atoms with van der Waals surface area (Å²) in [5.41, 5.74) is 5.52. The number of rotatable bonds is 3. The van der Waals surface area contributed by atoms with Gasteiger partial charge >= 0.3 is 0 Å². The average Bonchev–Trinajstić information content (AvgIpc) is 2.65. The van der Waals surface area contributed by atoms with Crippen LogP contribution in [0, 0.1) is 0 Å². The Balaban J connectivity index is 2.19. The number of carbonyl (C=O) groups excluding carboxylic acids is 1. The van der Waals surface area contributed by atoms with Crippen LogP contribution in [0.25, 0.3) is 0 Å². The highest BCUT2D eigenvalue weighted by molar-refractivity contribution is 5.89. The fourth-order valence-corrected chi connectivity index (χ4v) is 2.12. The molecular weight excluding hydrogens is 238 g/mol. The smallest absolute Gasteiger partial charge is 0.250 e. The van der Waals surface area contributed by atoms with Crippen LogP contribution in [0.3, 0.4) is 0 Å². The summed E-state index contributed by atoms with van der Waals surface area (Å²) < 4.78 is 10.9. The van der Waals surface area contributed by atoms with Crippen LogP contribution in [0.15, 0.2) is 24.7 Å². The fourth-order valence-electron chi connectivity index (χ4n) is 2.12. The lowest BCUT2D eigenvalue weighted by molar-refractivity contribution is -0.118. The van der Waals surface area contributed by atoms with Gasteiger partial charge in [0.15, 0.2) is 6.23 Å². The number of methoxy groups -OCH3 is 1. The number of carbonyl (C=O) groups is 1. The molecule has 1 saturated heterocycles. The number of amides is 1. The minimum absolute atomic E-state index is 0.188. The van der Waals surface area contributed by atoms with Gasteiger partial charge in [0.1, 0.15) is 24.1 Å². The van der Waals surface area contributed by atoms with Gasteiger partial charge in [-0.05, 0) is 0 Å². The van der Waals surface area contributed by atoms with E-state index in [1.54, 1.807) is 11.1 Å². The van der Waals surface area contributed by atoms with Crippen LogP contribution >= 0.6 is 0 Å². The molecule has 4 N–H and O–H groups in total. The molecule has 1 amide bonds. The number of aliphatic hydroxyl groups excluding tert-OH is 1. The third kappa shape index (κ3) is 2.13. The zero-order valence-electron chi connectivity index (χ0n) is 10.1. The fraction of sp³-hybridized carbons (Fsp3) is 0.545. The number of nitrogens with two attached hydrogens (primary N) is 1. The van der Waals surface area contributed by atoms with E-state index in [4.69, 9.17) is 15.2 Å². The first-order valence-electron chi connectivity index (χ1n) is 5.61. The lowest BCUT2D eigenvalue weighted by atomic mass is 10.1. The summed E-state index contributed by atoms with van der Waals surface area (Å²) in [6, 6.07) is 0. The van der Waals surface area contributed by atoms with Crippen molar-refractivity contribution in [2.24, 2.45) is 5.73 Å². The molecule has 7 heteroatoms. The Hall–Kier alpha value is -1.41. The molecule has 4 atom stereocenters. The summed E-state index contributed by atoms with van der Waals surface area (Å²) in [5.74, 6) is 0.124. The molecule has 2 rings (SSSR count). The number of nitrogens with one attached hydrogen (secondary N) is 1. The van der Waals surface area contributed by atoms with E-state index in [1.165, 1.54) is 13.2 Å². The number of hydrogen-bond acceptors (Lipinski definition) is 6. The zero-order chi connectivity index (χ0) is 13.3. The molecule has 0 radical (unpaired) electrons. The molecule has 0 aromatic carbocycles. The Bertz CT molecular complexity index is 384. The highest BCUT2D eigenvalue weighted by Crippen LogP contribution is 2.28. The van der Waals surface area contributed by atoms with E-state index in [-0.39, 0.29) is 12.5 Å². The first-order valence-corrected chi connectivity index (χ1v) is 5.61. The van der Waals surface area contributed by atoms with Gasteiger partial charge in [-0.2, -0.15) is 0 Å². The van der Waals surface area contributed by atoms with Gasteiger partial charge in [0.2, 0.25) is 0 Å². The normalized spacial score (nSPS) is 36.1. The van der Waals surface area contributed by atoms with E-state index >= 15 is 0 Å². The summed E-state index contributed by atoms with van der Waals surface area (Å²) in [4.78, 5) is 12.7. The van der Waals surface area contributed by atoms with Crippen LogP contribution in [0.5, 0.6) is 0 Å². The SMILES string of the molecule is C=C1NC(=O)C=CN1C1OC(CN)C(O)C1OC. The predicted molar refractivity (Wildman–Crippen MR) is 62.8 cm³/mol. The summed E-state index contributed by atoms with van der Waals surface area (Å²) in [5, 5.41) is 12.5. The first kappa shape index (κ1) is 13.0. The van der Waals surface area contributed by atoms with E-state index in [9.17, 15) is 9.90 Å². The van der Waals surface area contributed by atoms with E-state index in [2.05, 4.69) is 11.9 Å². The van der Waals surface area contributed by atoms with Crippen molar-refractivity contribution in [1.82, 2.24) is 10.2 Å².